The lowest BCUT2D eigenvalue weighted by Gasteiger charge is -2.12. The van der Waals surface area contributed by atoms with Gasteiger partial charge in [0.25, 0.3) is 10.0 Å². The Morgan fingerprint density at radius 2 is 2.00 bits per heavy atom. The molecule has 0 atom stereocenters. The SMILES string of the molecule is COc1ccccc1NS(=O)(=O)c1ccc2c(c1)CCO2. The number of benzene rings is 2. The van der Waals surface area contributed by atoms with E-state index in [-0.39, 0.29) is 4.90 Å². The first-order valence-corrected chi connectivity index (χ1v) is 8.00. The highest BCUT2D eigenvalue weighted by molar-refractivity contribution is 7.92. The highest BCUT2D eigenvalue weighted by Crippen LogP contribution is 2.30. The first-order chi connectivity index (χ1) is 10.1. The van der Waals surface area contributed by atoms with Gasteiger partial charge in [-0.05, 0) is 35.9 Å². The van der Waals surface area contributed by atoms with Gasteiger partial charge in [0.05, 0.1) is 24.3 Å². The van der Waals surface area contributed by atoms with E-state index in [4.69, 9.17) is 9.47 Å². The van der Waals surface area contributed by atoms with Crippen molar-refractivity contribution in [3.05, 3.63) is 48.0 Å². The second-order valence-electron chi connectivity index (χ2n) is 4.67. The van der Waals surface area contributed by atoms with Crippen LogP contribution in [0.5, 0.6) is 11.5 Å². The normalized spacial score (nSPS) is 13.4. The van der Waals surface area contributed by atoms with E-state index in [1.165, 1.54) is 7.11 Å². The number of hydrogen-bond acceptors (Lipinski definition) is 4. The van der Waals surface area contributed by atoms with Crippen molar-refractivity contribution >= 4 is 15.7 Å². The van der Waals surface area contributed by atoms with Crippen LogP contribution in [0.3, 0.4) is 0 Å². The number of para-hydroxylation sites is 2. The minimum atomic E-state index is -3.65. The van der Waals surface area contributed by atoms with Gasteiger partial charge < -0.3 is 9.47 Å². The number of methoxy groups -OCH3 is 1. The number of rotatable bonds is 4. The molecule has 0 unspecified atom stereocenters. The lowest BCUT2D eigenvalue weighted by molar-refractivity contribution is 0.356. The number of sulfonamides is 1. The molecule has 110 valence electrons. The Morgan fingerprint density at radius 3 is 2.81 bits per heavy atom. The summed E-state index contributed by atoms with van der Waals surface area (Å²) in [6.07, 6.45) is 0.730. The Balaban J connectivity index is 1.94. The molecule has 0 spiro atoms. The lowest BCUT2D eigenvalue weighted by Crippen LogP contribution is -2.13. The van der Waals surface area contributed by atoms with Gasteiger partial charge in [-0.15, -0.1) is 0 Å². The molecule has 2 aromatic rings. The van der Waals surface area contributed by atoms with Crippen molar-refractivity contribution < 1.29 is 17.9 Å². The molecule has 0 aromatic heterocycles. The summed E-state index contributed by atoms with van der Waals surface area (Å²) in [7, 11) is -2.15. The summed E-state index contributed by atoms with van der Waals surface area (Å²) < 4.78 is 38.0. The van der Waals surface area contributed by atoms with Crippen LogP contribution in [0.1, 0.15) is 5.56 Å². The Labute approximate surface area is 123 Å². The Kier molecular flexibility index (Phi) is 3.47. The van der Waals surface area contributed by atoms with Crippen LogP contribution in [-0.4, -0.2) is 22.1 Å². The fraction of sp³-hybridized carbons (Fsp3) is 0.200. The van der Waals surface area contributed by atoms with E-state index < -0.39 is 10.0 Å². The molecular weight excluding hydrogens is 290 g/mol. The van der Waals surface area contributed by atoms with E-state index in [9.17, 15) is 8.42 Å². The van der Waals surface area contributed by atoms with Gasteiger partial charge in [-0.2, -0.15) is 0 Å². The van der Waals surface area contributed by atoms with Gasteiger partial charge >= 0.3 is 0 Å². The van der Waals surface area contributed by atoms with Crippen molar-refractivity contribution in [1.82, 2.24) is 0 Å². The molecular formula is C15H15NO4S. The highest BCUT2D eigenvalue weighted by atomic mass is 32.2. The van der Waals surface area contributed by atoms with E-state index in [1.807, 2.05) is 0 Å². The van der Waals surface area contributed by atoms with Crippen molar-refractivity contribution in [2.75, 3.05) is 18.4 Å². The third-order valence-corrected chi connectivity index (χ3v) is 4.69. The average molecular weight is 305 g/mol. The van der Waals surface area contributed by atoms with Crippen molar-refractivity contribution in [2.24, 2.45) is 0 Å². The van der Waals surface area contributed by atoms with Crippen LogP contribution >= 0.6 is 0 Å². The topological polar surface area (TPSA) is 64.6 Å². The molecule has 1 aliphatic heterocycles. The summed E-state index contributed by atoms with van der Waals surface area (Å²) in [6.45, 7) is 0.596. The van der Waals surface area contributed by atoms with E-state index in [2.05, 4.69) is 4.72 Å². The zero-order chi connectivity index (χ0) is 14.9. The van der Waals surface area contributed by atoms with Crippen LogP contribution in [0, 0.1) is 0 Å². The number of anilines is 1. The minimum Gasteiger partial charge on any atom is -0.495 e. The molecule has 0 aliphatic carbocycles. The van der Waals surface area contributed by atoms with Crippen LogP contribution in [0.25, 0.3) is 0 Å². The lowest BCUT2D eigenvalue weighted by atomic mass is 10.2. The molecule has 5 nitrogen and oxygen atoms in total. The molecule has 2 aromatic carbocycles. The van der Waals surface area contributed by atoms with Gasteiger partial charge in [0.15, 0.2) is 0 Å². The second-order valence-corrected chi connectivity index (χ2v) is 6.36. The first-order valence-electron chi connectivity index (χ1n) is 6.52. The van der Waals surface area contributed by atoms with Gasteiger partial charge in [0.2, 0.25) is 0 Å². The molecule has 1 aliphatic rings. The number of hydrogen-bond donors (Lipinski definition) is 1. The van der Waals surface area contributed by atoms with Gasteiger partial charge in [0.1, 0.15) is 11.5 Å². The maximum Gasteiger partial charge on any atom is 0.262 e. The average Bonchev–Trinajstić information content (AvgIpc) is 2.95. The maximum atomic E-state index is 12.5. The summed E-state index contributed by atoms with van der Waals surface area (Å²) in [5, 5.41) is 0. The van der Waals surface area contributed by atoms with E-state index in [0.717, 1.165) is 17.7 Å². The predicted molar refractivity (Wildman–Crippen MR) is 79.4 cm³/mol. The quantitative estimate of drug-likeness (QED) is 0.942. The van der Waals surface area contributed by atoms with Gasteiger partial charge in [-0.1, -0.05) is 12.1 Å². The molecule has 0 bridgehead atoms. The van der Waals surface area contributed by atoms with Crippen LogP contribution in [0.4, 0.5) is 5.69 Å². The van der Waals surface area contributed by atoms with Crippen LogP contribution in [0.2, 0.25) is 0 Å². The van der Waals surface area contributed by atoms with Crippen molar-refractivity contribution in [1.29, 1.82) is 0 Å². The Morgan fingerprint density at radius 1 is 1.19 bits per heavy atom. The summed E-state index contributed by atoms with van der Waals surface area (Å²) in [4.78, 5) is 0.220. The van der Waals surface area contributed by atoms with Crippen LogP contribution < -0.4 is 14.2 Å². The van der Waals surface area contributed by atoms with Crippen molar-refractivity contribution in [2.45, 2.75) is 11.3 Å². The van der Waals surface area contributed by atoms with Crippen LogP contribution in [-0.2, 0) is 16.4 Å². The summed E-state index contributed by atoms with van der Waals surface area (Å²) >= 11 is 0. The molecule has 1 N–H and O–H groups in total. The fourth-order valence-electron chi connectivity index (χ4n) is 2.26. The number of fused-ring (bicyclic) bond motifs is 1. The molecule has 0 radical (unpaired) electrons. The van der Waals surface area contributed by atoms with E-state index in [1.54, 1.807) is 42.5 Å². The summed E-state index contributed by atoms with van der Waals surface area (Å²) in [6, 6.07) is 11.8. The molecule has 0 fully saturated rings. The zero-order valence-corrected chi connectivity index (χ0v) is 12.3. The standard InChI is InChI=1S/C15H15NO4S/c1-19-15-5-3-2-4-13(15)16-21(17,18)12-6-7-14-11(10-12)8-9-20-14/h2-7,10,16H,8-9H2,1H3. The molecule has 21 heavy (non-hydrogen) atoms. The second kappa shape index (κ2) is 5.29. The van der Waals surface area contributed by atoms with E-state index in [0.29, 0.717) is 18.0 Å². The maximum absolute atomic E-state index is 12.5. The monoisotopic (exact) mass is 305 g/mol. The highest BCUT2D eigenvalue weighted by Gasteiger charge is 2.20. The summed E-state index contributed by atoms with van der Waals surface area (Å²) in [5.41, 5.74) is 1.33. The Hall–Kier alpha value is -2.21. The fourth-order valence-corrected chi connectivity index (χ4v) is 3.38. The minimum absolute atomic E-state index is 0.220. The molecule has 0 saturated carbocycles. The molecule has 0 saturated heterocycles. The third kappa shape index (κ3) is 2.67. The van der Waals surface area contributed by atoms with Gasteiger partial charge in [-0.25, -0.2) is 8.42 Å². The van der Waals surface area contributed by atoms with Gasteiger partial charge in [0, 0.05) is 6.42 Å². The third-order valence-electron chi connectivity index (χ3n) is 3.32. The zero-order valence-electron chi connectivity index (χ0n) is 11.5. The smallest absolute Gasteiger partial charge is 0.262 e. The first kappa shape index (κ1) is 13.8. The van der Waals surface area contributed by atoms with Crippen LogP contribution in [0.15, 0.2) is 47.4 Å². The van der Waals surface area contributed by atoms with Crippen molar-refractivity contribution in [3.63, 3.8) is 0 Å². The van der Waals surface area contributed by atoms with Gasteiger partial charge in [-0.3, -0.25) is 4.72 Å². The number of ether oxygens (including phenoxy) is 2. The van der Waals surface area contributed by atoms with Crippen molar-refractivity contribution in [3.8, 4) is 11.5 Å². The molecule has 3 rings (SSSR count). The molecule has 6 heteroatoms. The Bertz CT molecular complexity index is 771. The molecule has 0 amide bonds. The predicted octanol–water partition coefficient (Wildman–Crippen LogP) is 2.43. The van der Waals surface area contributed by atoms with E-state index >= 15 is 0 Å². The number of nitrogens with one attached hydrogen (secondary N) is 1. The largest absolute Gasteiger partial charge is 0.495 e. The molecule has 1 heterocycles. The summed E-state index contributed by atoms with van der Waals surface area (Å²) in [5.74, 6) is 1.23.